The van der Waals surface area contributed by atoms with Crippen molar-refractivity contribution in [3.8, 4) is 0 Å². The highest BCUT2D eigenvalue weighted by Gasteiger charge is 2.36. The van der Waals surface area contributed by atoms with E-state index >= 15 is 0 Å². The number of hydrazine groups is 1. The minimum absolute atomic E-state index is 0.459. The van der Waals surface area contributed by atoms with E-state index in [-0.39, 0.29) is 0 Å². The summed E-state index contributed by atoms with van der Waals surface area (Å²) in [5.74, 6) is 0. The van der Waals surface area contributed by atoms with Crippen molar-refractivity contribution in [1.29, 1.82) is 0 Å². The Hall–Kier alpha value is -1.77. The molecule has 0 saturated carbocycles. The lowest BCUT2D eigenvalue weighted by atomic mass is 9.95. The van der Waals surface area contributed by atoms with Crippen molar-refractivity contribution in [3.63, 3.8) is 0 Å². The van der Waals surface area contributed by atoms with Gasteiger partial charge in [0.2, 0.25) is 0 Å². The van der Waals surface area contributed by atoms with Gasteiger partial charge in [0.05, 0.1) is 19.2 Å². The van der Waals surface area contributed by atoms with Crippen molar-refractivity contribution in [1.82, 2.24) is 10.0 Å². The predicted octanol–water partition coefficient (Wildman–Crippen LogP) is 3.70. The van der Waals surface area contributed by atoms with Crippen LogP contribution in [0.3, 0.4) is 0 Å². The molecule has 2 unspecified atom stereocenters. The smallest absolute Gasteiger partial charge is 0.264 e. The Morgan fingerprint density at radius 2 is 1.30 bits per heavy atom. The molecule has 0 spiro atoms. The van der Waals surface area contributed by atoms with Gasteiger partial charge in [0, 0.05) is 14.1 Å². The molecule has 7 heteroatoms. The van der Waals surface area contributed by atoms with Gasteiger partial charge in [-0.05, 0) is 31.4 Å². The molecule has 1 aliphatic rings. The third kappa shape index (κ3) is 5.85. The van der Waals surface area contributed by atoms with Crippen molar-refractivity contribution in [2.75, 3.05) is 21.2 Å². The second-order valence-corrected chi connectivity index (χ2v) is 8.03. The molecule has 148 valence electrons. The quantitative estimate of drug-likeness (QED) is 0.803. The fourth-order valence-corrected chi connectivity index (χ4v) is 3.41. The second-order valence-electron chi connectivity index (χ2n) is 6.84. The molecule has 1 fully saturated rings. The summed E-state index contributed by atoms with van der Waals surface area (Å²) in [6.07, 6.45) is 1.14. The highest BCUT2D eigenvalue weighted by molar-refractivity contribution is 7.80. The SMILES string of the molecule is COS(=O)(=O)O.Cc1cccc(C2CC(c3cccc(C)c3)N(C)N2C)c1. The van der Waals surface area contributed by atoms with E-state index in [9.17, 15) is 8.42 Å². The first kappa shape index (κ1) is 21.5. The maximum absolute atomic E-state index is 9.33. The van der Waals surface area contributed by atoms with Crippen LogP contribution in [0.4, 0.5) is 0 Å². The van der Waals surface area contributed by atoms with E-state index in [0.29, 0.717) is 12.1 Å². The third-order valence-electron chi connectivity index (χ3n) is 4.91. The van der Waals surface area contributed by atoms with Crippen molar-refractivity contribution in [3.05, 3.63) is 70.8 Å². The van der Waals surface area contributed by atoms with Gasteiger partial charge in [-0.1, -0.05) is 59.7 Å². The van der Waals surface area contributed by atoms with Gasteiger partial charge in [-0.2, -0.15) is 8.42 Å². The van der Waals surface area contributed by atoms with E-state index in [2.05, 4.69) is 90.7 Å². The zero-order valence-corrected chi connectivity index (χ0v) is 17.3. The van der Waals surface area contributed by atoms with Crippen molar-refractivity contribution in [2.24, 2.45) is 0 Å². The highest BCUT2D eigenvalue weighted by atomic mass is 32.3. The van der Waals surface area contributed by atoms with Crippen LogP contribution in [-0.2, 0) is 14.6 Å². The maximum atomic E-state index is 9.33. The van der Waals surface area contributed by atoms with Gasteiger partial charge in [-0.3, -0.25) is 8.74 Å². The molecule has 0 aromatic heterocycles. The summed E-state index contributed by atoms with van der Waals surface area (Å²) in [7, 11) is 1.10. The Kier molecular flexibility index (Phi) is 7.13. The lowest BCUT2D eigenvalue weighted by molar-refractivity contribution is 0.0252. The molecule has 2 aromatic rings. The molecule has 1 saturated heterocycles. The van der Waals surface area contributed by atoms with Crippen LogP contribution >= 0.6 is 0 Å². The average molecular weight is 393 g/mol. The van der Waals surface area contributed by atoms with Crippen LogP contribution in [-0.4, -0.2) is 44.2 Å². The number of hydrogen-bond acceptors (Lipinski definition) is 5. The lowest BCUT2D eigenvalue weighted by Gasteiger charge is -2.28. The molecule has 0 radical (unpaired) electrons. The van der Waals surface area contributed by atoms with Gasteiger partial charge in [0.1, 0.15) is 0 Å². The normalized spacial score (nSPS) is 21.0. The predicted molar refractivity (Wildman–Crippen MR) is 107 cm³/mol. The van der Waals surface area contributed by atoms with Crippen LogP contribution in [0.1, 0.15) is 40.8 Å². The molecule has 1 N–H and O–H groups in total. The minimum atomic E-state index is -4.16. The van der Waals surface area contributed by atoms with Crippen molar-refractivity contribution < 1.29 is 17.2 Å². The summed E-state index contributed by atoms with van der Waals surface area (Å²) in [6.45, 7) is 4.33. The van der Waals surface area contributed by atoms with Gasteiger partial charge in [-0.25, -0.2) is 10.0 Å². The molecule has 3 rings (SSSR count). The minimum Gasteiger partial charge on any atom is -0.264 e. The van der Waals surface area contributed by atoms with E-state index < -0.39 is 10.4 Å². The first-order valence-electron chi connectivity index (χ1n) is 8.74. The lowest BCUT2D eigenvalue weighted by Crippen LogP contribution is -2.32. The number of aryl methyl sites for hydroxylation is 2. The van der Waals surface area contributed by atoms with Crippen molar-refractivity contribution >= 4 is 10.4 Å². The van der Waals surface area contributed by atoms with Crippen LogP contribution in [0.5, 0.6) is 0 Å². The second kappa shape index (κ2) is 8.95. The van der Waals surface area contributed by atoms with Crippen LogP contribution < -0.4 is 0 Å². The van der Waals surface area contributed by atoms with E-state index in [0.717, 1.165) is 13.5 Å². The average Bonchev–Trinajstić information content (AvgIpc) is 2.90. The van der Waals surface area contributed by atoms with E-state index in [1.165, 1.54) is 22.3 Å². The molecular formula is C20H28N2O4S. The fraction of sp³-hybridized carbons (Fsp3) is 0.400. The van der Waals surface area contributed by atoms with Gasteiger partial charge < -0.3 is 0 Å². The molecule has 0 amide bonds. The molecule has 27 heavy (non-hydrogen) atoms. The number of hydrogen-bond donors (Lipinski definition) is 1. The van der Waals surface area contributed by atoms with Gasteiger partial charge in [0.15, 0.2) is 0 Å². The Bertz CT molecular complexity index is 814. The monoisotopic (exact) mass is 392 g/mol. The zero-order valence-electron chi connectivity index (χ0n) is 16.5. The third-order valence-corrected chi connectivity index (χ3v) is 5.33. The molecule has 6 nitrogen and oxygen atoms in total. The van der Waals surface area contributed by atoms with Crippen LogP contribution in [0.15, 0.2) is 48.5 Å². The summed E-state index contributed by atoms with van der Waals surface area (Å²) < 4.78 is 29.7. The summed E-state index contributed by atoms with van der Waals surface area (Å²) in [5.41, 5.74) is 5.50. The largest absolute Gasteiger partial charge is 0.397 e. The van der Waals surface area contributed by atoms with Crippen LogP contribution in [0, 0.1) is 13.8 Å². The molecule has 2 aromatic carbocycles. The summed E-state index contributed by atoms with van der Waals surface area (Å²) in [4.78, 5) is 0. The van der Waals surface area contributed by atoms with E-state index in [4.69, 9.17) is 4.55 Å². The fourth-order valence-electron chi connectivity index (χ4n) is 3.41. The highest BCUT2D eigenvalue weighted by Crippen LogP contribution is 2.42. The number of benzene rings is 2. The Morgan fingerprint density at radius 1 is 0.926 bits per heavy atom. The topological polar surface area (TPSA) is 70.1 Å². The zero-order chi connectivity index (χ0) is 20.2. The standard InChI is InChI=1S/C19H24N2.CH4O4S/c1-14-7-5-9-16(11-14)18-13-19(21(4)20(18)3)17-10-6-8-15(2)12-17;1-5-6(2,3)4/h5-12,18-19H,13H2,1-4H3;1H3,(H,2,3,4). The molecule has 2 atom stereocenters. The van der Waals surface area contributed by atoms with Gasteiger partial charge in [-0.15, -0.1) is 0 Å². The molecule has 1 heterocycles. The molecular weight excluding hydrogens is 364 g/mol. The van der Waals surface area contributed by atoms with E-state index in [1.807, 2.05) is 0 Å². The molecule has 0 aliphatic carbocycles. The van der Waals surface area contributed by atoms with Gasteiger partial charge >= 0.3 is 10.4 Å². The van der Waals surface area contributed by atoms with Crippen LogP contribution in [0.2, 0.25) is 0 Å². The summed E-state index contributed by atoms with van der Waals surface area (Å²) in [6, 6.07) is 18.7. The number of rotatable bonds is 3. The maximum Gasteiger partial charge on any atom is 0.397 e. The number of nitrogens with zero attached hydrogens (tertiary/aromatic N) is 2. The van der Waals surface area contributed by atoms with Crippen LogP contribution in [0.25, 0.3) is 0 Å². The Balaban J connectivity index is 0.000000380. The molecule has 1 aliphatic heterocycles. The first-order valence-corrected chi connectivity index (χ1v) is 10.1. The first-order chi connectivity index (χ1) is 12.6. The van der Waals surface area contributed by atoms with E-state index in [1.54, 1.807) is 0 Å². The summed E-state index contributed by atoms with van der Waals surface area (Å²) in [5, 5.41) is 4.75. The Morgan fingerprint density at radius 3 is 1.59 bits per heavy atom. The summed E-state index contributed by atoms with van der Waals surface area (Å²) >= 11 is 0. The van der Waals surface area contributed by atoms with Gasteiger partial charge in [0.25, 0.3) is 0 Å². The Labute approximate surface area is 162 Å². The molecule has 0 bridgehead atoms. The van der Waals surface area contributed by atoms with Crippen molar-refractivity contribution in [2.45, 2.75) is 32.4 Å².